The number of methoxy groups -OCH3 is 1. The Hall–Kier alpha value is -1.22. The van der Waals surface area contributed by atoms with Crippen molar-refractivity contribution in [2.24, 2.45) is 5.73 Å². The molecule has 0 aliphatic carbocycles. The zero-order valence-electron chi connectivity index (χ0n) is 11.3. The highest BCUT2D eigenvalue weighted by atomic mass is 35.5. The van der Waals surface area contributed by atoms with Gasteiger partial charge in [-0.2, -0.15) is 0 Å². The van der Waals surface area contributed by atoms with Gasteiger partial charge in [0, 0.05) is 5.92 Å². The molecule has 106 valence electrons. The SMILES string of the molecule is COc1ccccc1C(CN)Cc1ccc(Cl)c(Cl)c1. The number of halogens is 2. The van der Waals surface area contributed by atoms with Crippen molar-refractivity contribution < 1.29 is 4.74 Å². The van der Waals surface area contributed by atoms with Gasteiger partial charge < -0.3 is 10.5 Å². The van der Waals surface area contributed by atoms with E-state index in [4.69, 9.17) is 33.7 Å². The van der Waals surface area contributed by atoms with Crippen LogP contribution in [0.15, 0.2) is 42.5 Å². The highest BCUT2D eigenvalue weighted by Gasteiger charge is 2.15. The molecule has 2 aromatic carbocycles. The van der Waals surface area contributed by atoms with E-state index in [2.05, 4.69) is 0 Å². The maximum atomic E-state index is 6.06. The summed E-state index contributed by atoms with van der Waals surface area (Å²) in [4.78, 5) is 0. The first-order chi connectivity index (χ1) is 9.65. The Morgan fingerprint density at radius 1 is 1.10 bits per heavy atom. The topological polar surface area (TPSA) is 35.2 Å². The van der Waals surface area contributed by atoms with Crippen molar-refractivity contribution in [1.82, 2.24) is 0 Å². The summed E-state index contributed by atoms with van der Waals surface area (Å²) < 4.78 is 5.41. The summed E-state index contributed by atoms with van der Waals surface area (Å²) in [7, 11) is 1.67. The van der Waals surface area contributed by atoms with Gasteiger partial charge in [0.2, 0.25) is 0 Å². The molecule has 0 fully saturated rings. The smallest absolute Gasteiger partial charge is 0.122 e. The van der Waals surface area contributed by atoms with Crippen molar-refractivity contribution in [3.8, 4) is 5.75 Å². The zero-order valence-corrected chi connectivity index (χ0v) is 12.8. The zero-order chi connectivity index (χ0) is 14.5. The highest BCUT2D eigenvalue weighted by Crippen LogP contribution is 2.30. The minimum Gasteiger partial charge on any atom is -0.496 e. The lowest BCUT2D eigenvalue weighted by molar-refractivity contribution is 0.405. The molecule has 0 aromatic heterocycles. The molecule has 0 heterocycles. The van der Waals surface area contributed by atoms with E-state index in [0.717, 1.165) is 23.3 Å². The molecule has 0 aliphatic rings. The van der Waals surface area contributed by atoms with Crippen LogP contribution in [-0.4, -0.2) is 13.7 Å². The molecular weight excluding hydrogens is 293 g/mol. The molecule has 0 aliphatic heterocycles. The van der Waals surface area contributed by atoms with Crippen molar-refractivity contribution in [1.29, 1.82) is 0 Å². The first kappa shape index (κ1) is 15.2. The third-order valence-electron chi connectivity index (χ3n) is 3.33. The predicted octanol–water partition coefficient (Wildman–Crippen LogP) is 4.29. The van der Waals surface area contributed by atoms with E-state index in [9.17, 15) is 0 Å². The van der Waals surface area contributed by atoms with Gasteiger partial charge in [0.25, 0.3) is 0 Å². The first-order valence-corrected chi connectivity index (χ1v) is 7.18. The Morgan fingerprint density at radius 3 is 2.50 bits per heavy atom. The third-order valence-corrected chi connectivity index (χ3v) is 4.07. The molecule has 4 heteroatoms. The molecule has 0 amide bonds. The maximum Gasteiger partial charge on any atom is 0.122 e. The van der Waals surface area contributed by atoms with E-state index < -0.39 is 0 Å². The Labute approximate surface area is 129 Å². The fourth-order valence-corrected chi connectivity index (χ4v) is 2.60. The lowest BCUT2D eigenvalue weighted by Crippen LogP contribution is -2.16. The number of ether oxygens (including phenoxy) is 1. The molecule has 2 N–H and O–H groups in total. The second-order valence-corrected chi connectivity index (χ2v) is 5.44. The average Bonchev–Trinajstić information content (AvgIpc) is 2.48. The summed E-state index contributed by atoms with van der Waals surface area (Å²) in [5.74, 6) is 1.05. The van der Waals surface area contributed by atoms with Gasteiger partial charge in [0.05, 0.1) is 17.2 Å². The molecule has 0 bridgehead atoms. The van der Waals surface area contributed by atoms with Gasteiger partial charge in [-0.3, -0.25) is 0 Å². The lowest BCUT2D eigenvalue weighted by Gasteiger charge is -2.18. The fraction of sp³-hybridized carbons (Fsp3) is 0.250. The quantitative estimate of drug-likeness (QED) is 0.894. The Bertz CT molecular complexity index is 586. The van der Waals surface area contributed by atoms with Crippen LogP contribution in [-0.2, 0) is 6.42 Å². The second kappa shape index (κ2) is 6.98. The number of hydrogen-bond acceptors (Lipinski definition) is 2. The van der Waals surface area contributed by atoms with Crippen LogP contribution in [0, 0.1) is 0 Å². The Kier molecular flexibility index (Phi) is 5.30. The molecule has 0 saturated heterocycles. The van der Waals surface area contributed by atoms with Gasteiger partial charge in [-0.1, -0.05) is 47.5 Å². The molecule has 2 aromatic rings. The van der Waals surface area contributed by atoms with Crippen molar-refractivity contribution in [3.05, 3.63) is 63.6 Å². The van der Waals surface area contributed by atoms with E-state index in [-0.39, 0.29) is 5.92 Å². The number of nitrogens with two attached hydrogens (primary N) is 1. The van der Waals surface area contributed by atoms with E-state index in [1.165, 1.54) is 0 Å². The lowest BCUT2D eigenvalue weighted by atomic mass is 9.91. The minimum atomic E-state index is 0.184. The summed E-state index contributed by atoms with van der Waals surface area (Å²) in [6.07, 6.45) is 0.799. The second-order valence-electron chi connectivity index (χ2n) is 4.63. The number of benzene rings is 2. The first-order valence-electron chi connectivity index (χ1n) is 6.42. The van der Waals surface area contributed by atoms with E-state index in [1.807, 2.05) is 42.5 Å². The average molecular weight is 310 g/mol. The highest BCUT2D eigenvalue weighted by molar-refractivity contribution is 6.42. The van der Waals surface area contributed by atoms with Gasteiger partial charge in [-0.25, -0.2) is 0 Å². The predicted molar refractivity (Wildman–Crippen MR) is 85.0 cm³/mol. The molecule has 0 saturated carbocycles. The van der Waals surface area contributed by atoms with Gasteiger partial charge in [-0.15, -0.1) is 0 Å². The fourth-order valence-electron chi connectivity index (χ4n) is 2.28. The molecule has 2 rings (SSSR count). The van der Waals surface area contributed by atoms with Crippen LogP contribution >= 0.6 is 23.2 Å². The van der Waals surface area contributed by atoms with Crippen LogP contribution in [0.1, 0.15) is 17.0 Å². The number of rotatable bonds is 5. The standard InChI is InChI=1S/C16H17Cl2NO/c1-20-16-5-3-2-4-13(16)12(10-19)8-11-6-7-14(17)15(18)9-11/h2-7,9,12H,8,10,19H2,1H3. The van der Waals surface area contributed by atoms with Crippen molar-refractivity contribution in [2.45, 2.75) is 12.3 Å². The van der Waals surface area contributed by atoms with Gasteiger partial charge in [0.1, 0.15) is 5.75 Å². The maximum absolute atomic E-state index is 6.06. The number of para-hydroxylation sites is 1. The Balaban J connectivity index is 2.26. The van der Waals surface area contributed by atoms with Crippen LogP contribution in [0.4, 0.5) is 0 Å². The minimum absolute atomic E-state index is 0.184. The number of hydrogen-bond donors (Lipinski definition) is 1. The monoisotopic (exact) mass is 309 g/mol. The summed E-state index contributed by atoms with van der Waals surface area (Å²) in [6, 6.07) is 13.6. The summed E-state index contributed by atoms with van der Waals surface area (Å²) >= 11 is 12.0. The molecule has 1 unspecified atom stereocenters. The van der Waals surface area contributed by atoms with Crippen LogP contribution in [0.25, 0.3) is 0 Å². The molecular formula is C16H17Cl2NO. The molecule has 0 spiro atoms. The van der Waals surface area contributed by atoms with Crippen molar-refractivity contribution in [3.63, 3.8) is 0 Å². The normalized spacial score (nSPS) is 12.2. The molecule has 0 radical (unpaired) electrons. The van der Waals surface area contributed by atoms with E-state index in [1.54, 1.807) is 7.11 Å². The van der Waals surface area contributed by atoms with Crippen LogP contribution in [0.5, 0.6) is 5.75 Å². The van der Waals surface area contributed by atoms with Gasteiger partial charge in [0.15, 0.2) is 0 Å². The van der Waals surface area contributed by atoms with Gasteiger partial charge in [-0.05, 0) is 42.3 Å². The van der Waals surface area contributed by atoms with Crippen LogP contribution in [0.3, 0.4) is 0 Å². The van der Waals surface area contributed by atoms with Gasteiger partial charge >= 0.3 is 0 Å². The molecule has 1 atom stereocenters. The summed E-state index contributed by atoms with van der Waals surface area (Å²) in [5, 5.41) is 1.14. The van der Waals surface area contributed by atoms with Crippen molar-refractivity contribution in [2.75, 3.05) is 13.7 Å². The van der Waals surface area contributed by atoms with Crippen LogP contribution in [0.2, 0.25) is 10.0 Å². The van der Waals surface area contributed by atoms with Crippen LogP contribution < -0.4 is 10.5 Å². The van der Waals surface area contributed by atoms with Crippen molar-refractivity contribution >= 4 is 23.2 Å². The molecule has 2 nitrogen and oxygen atoms in total. The Morgan fingerprint density at radius 2 is 1.85 bits per heavy atom. The third kappa shape index (κ3) is 3.45. The van der Waals surface area contributed by atoms with E-state index >= 15 is 0 Å². The summed E-state index contributed by atoms with van der Waals surface area (Å²) in [6.45, 7) is 0.542. The van der Waals surface area contributed by atoms with E-state index in [0.29, 0.717) is 16.6 Å². The molecule has 20 heavy (non-hydrogen) atoms. The largest absolute Gasteiger partial charge is 0.496 e. The summed E-state index contributed by atoms with van der Waals surface area (Å²) in [5.41, 5.74) is 8.16.